The van der Waals surface area contributed by atoms with Gasteiger partial charge in [-0.3, -0.25) is 0 Å². The second kappa shape index (κ2) is 19.3. The third kappa shape index (κ3) is 13.6. The summed E-state index contributed by atoms with van der Waals surface area (Å²) >= 11 is 0. The zero-order valence-corrected chi connectivity index (χ0v) is 24.0. The Morgan fingerprint density at radius 2 is 1.34 bits per heavy atom. The number of rotatable bonds is 19. The molecule has 0 aliphatic heterocycles. The van der Waals surface area contributed by atoms with Crippen molar-refractivity contribution in [1.29, 1.82) is 0 Å². The van der Waals surface area contributed by atoms with Gasteiger partial charge in [0, 0.05) is 0 Å². The summed E-state index contributed by atoms with van der Waals surface area (Å²) < 4.78 is 40.3. The van der Waals surface area contributed by atoms with Crippen LogP contribution in [0.3, 0.4) is 0 Å². The van der Waals surface area contributed by atoms with Crippen LogP contribution in [0, 0.1) is 0 Å². The van der Waals surface area contributed by atoms with Crippen LogP contribution in [0.5, 0.6) is 5.75 Å². The molecular weight excluding hydrogens is 431 g/mol. The van der Waals surface area contributed by atoms with E-state index in [-0.39, 0.29) is 42.6 Å². The fourth-order valence-electron chi connectivity index (χ4n) is 4.03. The first-order valence-electron chi connectivity index (χ1n) is 12.6. The van der Waals surface area contributed by atoms with Crippen molar-refractivity contribution >= 4 is 10.1 Å². The Bertz CT molecular complexity index is 691. The zero-order valence-electron chi connectivity index (χ0n) is 21.2. The first-order chi connectivity index (χ1) is 14.9. The third-order valence-corrected chi connectivity index (χ3v) is 7.38. The van der Waals surface area contributed by atoms with E-state index in [1.54, 1.807) is 6.92 Å². The Morgan fingerprint density at radius 1 is 0.812 bits per heavy atom. The van der Waals surface area contributed by atoms with E-state index in [4.69, 9.17) is 4.74 Å². The molecule has 1 aromatic rings. The Labute approximate surface area is 220 Å². The molecule has 0 spiro atoms. The zero-order chi connectivity index (χ0) is 23.0. The minimum absolute atomic E-state index is 0. The molecule has 0 fully saturated rings. The van der Waals surface area contributed by atoms with Crippen molar-refractivity contribution in [3.05, 3.63) is 29.3 Å². The van der Waals surface area contributed by atoms with Gasteiger partial charge in [-0.2, -0.15) is 0 Å². The minimum Gasteiger partial charge on any atom is -0.748 e. The first-order valence-corrected chi connectivity index (χ1v) is 14.1. The van der Waals surface area contributed by atoms with E-state index in [1.807, 2.05) is 12.1 Å². The summed E-state index contributed by atoms with van der Waals surface area (Å²) in [6, 6.07) is 6.12. The molecular formula is C26H45NaO4S. The van der Waals surface area contributed by atoms with Crippen LogP contribution in [0.1, 0.15) is 115 Å². The molecule has 32 heavy (non-hydrogen) atoms. The molecule has 0 heterocycles. The molecule has 1 unspecified atom stereocenters. The normalized spacial score (nSPS) is 12.4. The Morgan fingerprint density at radius 3 is 1.88 bits per heavy atom. The first kappa shape index (κ1) is 31.9. The molecule has 1 rings (SSSR count). The van der Waals surface area contributed by atoms with Crippen LogP contribution in [0.15, 0.2) is 18.2 Å². The van der Waals surface area contributed by atoms with Gasteiger partial charge in [-0.15, -0.1) is 0 Å². The number of unbranched alkanes of at least 4 members (excludes halogenated alkanes) is 10. The number of ether oxygens (including phenoxy) is 1. The topological polar surface area (TPSA) is 66.4 Å². The molecule has 1 atom stereocenters. The summed E-state index contributed by atoms with van der Waals surface area (Å²) in [5, 5.41) is -0.989. The van der Waals surface area contributed by atoms with Gasteiger partial charge in [-0.05, 0) is 49.3 Å². The van der Waals surface area contributed by atoms with E-state index in [9.17, 15) is 13.0 Å². The van der Waals surface area contributed by atoms with Crippen LogP contribution in [-0.2, 0) is 23.0 Å². The molecule has 0 saturated carbocycles. The van der Waals surface area contributed by atoms with Crippen LogP contribution in [0.25, 0.3) is 0 Å². The largest absolute Gasteiger partial charge is 1.00 e. The van der Waals surface area contributed by atoms with Crippen molar-refractivity contribution in [2.24, 2.45) is 0 Å². The quantitative estimate of drug-likeness (QED) is 0.171. The molecule has 180 valence electrons. The fourth-order valence-corrected chi connectivity index (χ4v) is 4.67. The average Bonchev–Trinajstić information content (AvgIpc) is 2.73. The molecule has 0 saturated heterocycles. The molecule has 6 heteroatoms. The Balaban J connectivity index is 0.00000961. The molecule has 0 aliphatic rings. The summed E-state index contributed by atoms with van der Waals surface area (Å²) in [4.78, 5) is 0. The summed E-state index contributed by atoms with van der Waals surface area (Å²) in [7, 11) is -4.34. The van der Waals surface area contributed by atoms with Gasteiger partial charge in [0.1, 0.15) is 22.5 Å². The number of hydrogen-bond acceptors (Lipinski definition) is 4. The summed E-state index contributed by atoms with van der Waals surface area (Å²) in [6.45, 7) is 6.12. The average molecular weight is 477 g/mol. The SMILES string of the molecule is CCCCCCCCc1cccc(OCC(CC)S(=O)(=O)[O-])c1CCCCCCCC.[Na+]. The maximum atomic E-state index is 11.4. The van der Waals surface area contributed by atoms with Gasteiger partial charge in [-0.25, -0.2) is 8.42 Å². The van der Waals surface area contributed by atoms with E-state index in [1.165, 1.54) is 81.8 Å². The van der Waals surface area contributed by atoms with Gasteiger partial charge < -0.3 is 9.29 Å². The second-order valence-corrected chi connectivity index (χ2v) is 10.4. The minimum atomic E-state index is -4.34. The van der Waals surface area contributed by atoms with Crippen LogP contribution in [0.2, 0.25) is 0 Å². The molecule has 0 aliphatic carbocycles. The smallest absolute Gasteiger partial charge is 0.748 e. The summed E-state index contributed by atoms with van der Waals surface area (Å²) in [5.41, 5.74) is 2.53. The molecule has 0 aromatic heterocycles. The van der Waals surface area contributed by atoms with Gasteiger partial charge >= 0.3 is 29.6 Å². The second-order valence-electron chi connectivity index (χ2n) is 8.76. The van der Waals surface area contributed by atoms with Gasteiger partial charge in [0.15, 0.2) is 0 Å². The third-order valence-electron chi connectivity index (χ3n) is 6.10. The van der Waals surface area contributed by atoms with E-state index in [0.717, 1.165) is 25.0 Å². The van der Waals surface area contributed by atoms with Crippen molar-refractivity contribution in [2.45, 2.75) is 122 Å². The van der Waals surface area contributed by atoms with E-state index >= 15 is 0 Å². The van der Waals surface area contributed by atoms with Crippen molar-refractivity contribution in [1.82, 2.24) is 0 Å². The van der Waals surface area contributed by atoms with Crippen LogP contribution in [-0.4, -0.2) is 24.8 Å². The molecule has 0 amide bonds. The number of hydrogen-bond donors (Lipinski definition) is 0. The predicted molar refractivity (Wildman–Crippen MR) is 130 cm³/mol. The standard InChI is InChI=1S/C26H46O4S.Na/c1-4-7-9-11-13-15-18-23-19-17-21-26(30-22-24(6-3)31(27,28)29)25(23)20-16-14-12-10-8-5-2;/h17,19,21,24H,4-16,18,20,22H2,1-3H3,(H,27,28,29);/q;+1/p-1. The molecule has 4 nitrogen and oxygen atoms in total. The van der Waals surface area contributed by atoms with E-state index < -0.39 is 15.4 Å². The summed E-state index contributed by atoms with van der Waals surface area (Å²) in [6.07, 6.45) is 17.3. The molecule has 0 radical (unpaired) electrons. The van der Waals surface area contributed by atoms with Gasteiger partial charge in [-0.1, -0.05) is 97.1 Å². The van der Waals surface area contributed by atoms with Crippen LogP contribution in [0.4, 0.5) is 0 Å². The predicted octanol–water partition coefficient (Wildman–Crippen LogP) is 4.20. The molecule has 1 aromatic carbocycles. The Kier molecular flexibility index (Phi) is 19.2. The van der Waals surface area contributed by atoms with Crippen molar-refractivity contribution in [2.75, 3.05) is 6.61 Å². The molecule has 0 bridgehead atoms. The van der Waals surface area contributed by atoms with Crippen LogP contribution >= 0.6 is 0 Å². The summed E-state index contributed by atoms with van der Waals surface area (Å²) in [5.74, 6) is 0.763. The molecule has 0 N–H and O–H groups in total. The van der Waals surface area contributed by atoms with Gasteiger partial charge in [0.05, 0.1) is 5.25 Å². The van der Waals surface area contributed by atoms with Crippen molar-refractivity contribution in [3.8, 4) is 5.75 Å². The fraction of sp³-hybridized carbons (Fsp3) is 0.769. The monoisotopic (exact) mass is 476 g/mol. The maximum absolute atomic E-state index is 11.4. The Hall–Kier alpha value is -0.0700. The number of aryl methyl sites for hydroxylation is 1. The number of benzene rings is 1. The van der Waals surface area contributed by atoms with Crippen molar-refractivity contribution in [3.63, 3.8) is 0 Å². The van der Waals surface area contributed by atoms with Gasteiger partial charge in [0.2, 0.25) is 0 Å². The maximum Gasteiger partial charge on any atom is 1.00 e. The van der Waals surface area contributed by atoms with Gasteiger partial charge in [0.25, 0.3) is 0 Å². The van der Waals surface area contributed by atoms with Crippen molar-refractivity contribution < 1.29 is 47.3 Å². The van der Waals surface area contributed by atoms with E-state index in [0.29, 0.717) is 0 Å². The van der Waals surface area contributed by atoms with Crippen LogP contribution < -0.4 is 34.3 Å². The van der Waals surface area contributed by atoms with E-state index in [2.05, 4.69) is 19.9 Å².